The Morgan fingerprint density at radius 3 is 3.00 bits per heavy atom. The van der Waals surface area contributed by atoms with Crippen molar-refractivity contribution in [3.8, 4) is 0 Å². The predicted molar refractivity (Wildman–Crippen MR) is 87.8 cm³/mol. The van der Waals surface area contributed by atoms with Crippen molar-refractivity contribution in [3.05, 3.63) is 71.4 Å². The van der Waals surface area contributed by atoms with Gasteiger partial charge in [-0.25, -0.2) is 0 Å². The third-order valence-corrected chi connectivity index (χ3v) is 4.24. The van der Waals surface area contributed by atoms with Crippen molar-refractivity contribution in [1.82, 2.24) is 4.98 Å². The van der Waals surface area contributed by atoms with Gasteiger partial charge in [0.15, 0.2) is 0 Å². The third kappa shape index (κ3) is 2.38. The zero-order valence-corrected chi connectivity index (χ0v) is 12.0. The van der Waals surface area contributed by atoms with Gasteiger partial charge in [0.25, 0.3) is 0 Å². The number of aromatic nitrogens is 1. The van der Waals surface area contributed by atoms with E-state index in [0.29, 0.717) is 0 Å². The second kappa shape index (κ2) is 5.21. The summed E-state index contributed by atoms with van der Waals surface area (Å²) in [5.74, 6) is 0. The molecular formula is C19H18N2. The number of pyridine rings is 1. The molecule has 0 amide bonds. The van der Waals surface area contributed by atoms with Crippen molar-refractivity contribution < 1.29 is 0 Å². The number of hydrogen-bond acceptors (Lipinski definition) is 2. The van der Waals surface area contributed by atoms with Gasteiger partial charge in [-0.3, -0.25) is 4.98 Å². The molecule has 0 unspecified atom stereocenters. The van der Waals surface area contributed by atoms with E-state index in [2.05, 4.69) is 52.8 Å². The number of hydrogen-bond donors (Lipinski definition) is 1. The Hall–Kier alpha value is -2.35. The Labute approximate surface area is 124 Å². The number of nitrogens with zero attached hydrogens (tertiary/aromatic N) is 1. The largest absolute Gasteiger partial charge is 0.385 e. The molecule has 1 aliphatic rings. The van der Waals surface area contributed by atoms with Gasteiger partial charge in [0, 0.05) is 23.8 Å². The number of fused-ring (bicyclic) bond motifs is 2. The Kier molecular flexibility index (Phi) is 3.07. The summed E-state index contributed by atoms with van der Waals surface area (Å²) in [5, 5.41) is 4.73. The van der Waals surface area contributed by atoms with Crippen LogP contribution in [0.25, 0.3) is 10.9 Å². The van der Waals surface area contributed by atoms with Gasteiger partial charge >= 0.3 is 0 Å². The van der Waals surface area contributed by atoms with E-state index in [-0.39, 0.29) is 0 Å². The van der Waals surface area contributed by atoms with Crippen molar-refractivity contribution in [3.63, 3.8) is 0 Å². The molecular weight excluding hydrogens is 256 g/mol. The van der Waals surface area contributed by atoms with Crippen LogP contribution in [0.4, 0.5) is 5.69 Å². The van der Waals surface area contributed by atoms with Crippen LogP contribution in [0.3, 0.4) is 0 Å². The number of rotatable bonds is 2. The molecule has 104 valence electrons. The fourth-order valence-corrected chi connectivity index (χ4v) is 3.17. The lowest BCUT2D eigenvalue weighted by Crippen LogP contribution is -2.11. The lowest BCUT2D eigenvalue weighted by molar-refractivity contribution is 0.828. The number of para-hydroxylation sites is 1. The molecule has 0 bridgehead atoms. The minimum absolute atomic E-state index is 0.969. The zero-order chi connectivity index (χ0) is 14.1. The maximum absolute atomic E-state index is 4.44. The minimum Gasteiger partial charge on any atom is -0.385 e. The molecule has 0 atom stereocenters. The fourth-order valence-electron chi connectivity index (χ4n) is 3.17. The minimum atomic E-state index is 0.969. The first-order chi connectivity index (χ1) is 10.4. The number of anilines is 1. The molecule has 1 N–H and O–H groups in total. The van der Waals surface area contributed by atoms with Crippen molar-refractivity contribution in [2.75, 3.05) is 11.9 Å². The van der Waals surface area contributed by atoms with Crippen molar-refractivity contribution in [2.45, 2.75) is 19.3 Å². The fraction of sp³-hybridized carbons (Fsp3) is 0.211. The van der Waals surface area contributed by atoms with E-state index < -0.39 is 0 Å². The molecule has 0 saturated carbocycles. The van der Waals surface area contributed by atoms with E-state index in [4.69, 9.17) is 0 Å². The first-order valence-corrected chi connectivity index (χ1v) is 7.58. The Balaban J connectivity index is 1.71. The van der Waals surface area contributed by atoms with Crippen LogP contribution in [-0.2, 0) is 12.8 Å². The van der Waals surface area contributed by atoms with Crippen molar-refractivity contribution >= 4 is 16.6 Å². The predicted octanol–water partition coefficient (Wildman–Crippen LogP) is 4.18. The van der Waals surface area contributed by atoms with Crippen molar-refractivity contribution in [2.24, 2.45) is 0 Å². The molecule has 2 aromatic carbocycles. The molecule has 2 nitrogen and oxygen atoms in total. The van der Waals surface area contributed by atoms with Crippen LogP contribution in [0.5, 0.6) is 0 Å². The number of nitrogens with one attached hydrogen (secondary N) is 1. The molecule has 2 heteroatoms. The van der Waals surface area contributed by atoms with Gasteiger partial charge in [-0.05, 0) is 54.2 Å². The van der Waals surface area contributed by atoms with Gasteiger partial charge in [-0.2, -0.15) is 0 Å². The maximum atomic E-state index is 4.44. The molecule has 1 aliphatic heterocycles. The van der Waals surface area contributed by atoms with Gasteiger partial charge < -0.3 is 5.32 Å². The first-order valence-electron chi connectivity index (χ1n) is 7.58. The van der Waals surface area contributed by atoms with Gasteiger partial charge in [-0.15, -0.1) is 0 Å². The summed E-state index contributed by atoms with van der Waals surface area (Å²) in [4.78, 5) is 4.44. The van der Waals surface area contributed by atoms with Gasteiger partial charge in [0.05, 0.1) is 5.52 Å². The smallest absolute Gasteiger partial charge is 0.0704 e. The highest BCUT2D eigenvalue weighted by Crippen LogP contribution is 2.25. The monoisotopic (exact) mass is 274 g/mol. The zero-order valence-electron chi connectivity index (χ0n) is 12.0. The molecule has 0 aliphatic carbocycles. The normalized spacial score (nSPS) is 13.7. The summed E-state index contributed by atoms with van der Waals surface area (Å²) in [6.07, 6.45) is 5.30. The highest BCUT2D eigenvalue weighted by molar-refractivity contribution is 5.82. The molecule has 0 radical (unpaired) electrons. The second-order valence-electron chi connectivity index (χ2n) is 5.69. The van der Waals surface area contributed by atoms with E-state index in [1.807, 2.05) is 12.3 Å². The maximum Gasteiger partial charge on any atom is 0.0704 e. The van der Waals surface area contributed by atoms with Crippen LogP contribution in [0.2, 0.25) is 0 Å². The topological polar surface area (TPSA) is 24.9 Å². The summed E-state index contributed by atoms with van der Waals surface area (Å²) < 4.78 is 0. The molecule has 4 rings (SSSR count). The molecule has 0 saturated heterocycles. The average molecular weight is 274 g/mol. The van der Waals surface area contributed by atoms with Crippen LogP contribution in [0.1, 0.15) is 23.1 Å². The number of aryl methyl sites for hydroxylation is 1. The van der Waals surface area contributed by atoms with Gasteiger partial charge in [-0.1, -0.05) is 30.3 Å². The van der Waals surface area contributed by atoms with E-state index >= 15 is 0 Å². The van der Waals surface area contributed by atoms with Crippen LogP contribution < -0.4 is 5.32 Å². The molecule has 3 aromatic rings. The summed E-state index contributed by atoms with van der Waals surface area (Å²) in [6.45, 7) is 1.10. The highest BCUT2D eigenvalue weighted by atomic mass is 14.9. The standard InChI is InChI=1S/C19H18N2/c1-2-6-19-17(5-1)15(9-11-21-19)12-14-7-8-18-16(13-14)4-3-10-20-18/h1-2,5-9,11,13,20H,3-4,10,12H2. The lowest BCUT2D eigenvalue weighted by atomic mass is 9.96. The molecule has 1 aromatic heterocycles. The third-order valence-electron chi connectivity index (χ3n) is 4.24. The molecule has 0 spiro atoms. The first kappa shape index (κ1) is 12.4. The molecule has 2 heterocycles. The van der Waals surface area contributed by atoms with E-state index in [1.54, 1.807) is 0 Å². The van der Waals surface area contributed by atoms with Gasteiger partial charge in [0.2, 0.25) is 0 Å². The van der Waals surface area contributed by atoms with Crippen LogP contribution in [0, 0.1) is 0 Å². The summed E-state index contributed by atoms with van der Waals surface area (Å²) in [6, 6.07) is 17.3. The Morgan fingerprint density at radius 2 is 2.00 bits per heavy atom. The summed E-state index contributed by atoms with van der Waals surface area (Å²) in [7, 11) is 0. The molecule has 0 fully saturated rings. The van der Waals surface area contributed by atoms with Crippen LogP contribution >= 0.6 is 0 Å². The van der Waals surface area contributed by atoms with Crippen LogP contribution in [-0.4, -0.2) is 11.5 Å². The quantitative estimate of drug-likeness (QED) is 0.758. The van der Waals surface area contributed by atoms with Gasteiger partial charge in [0.1, 0.15) is 0 Å². The van der Waals surface area contributed by atoms with Crippen molar-refractivity contribution in [1.29, 1.82) is 0 Å². The van der Waals surface area contributed by atoms with E-state index in [9.17, 15) is 0 Å². The van der Waals surface area contributed by atoms with E-state index in [0.717, 1.165) is 18.5 Å². The van der Waals surface area contributed by atoms with E-state index in [1.165, 1.54) is 40.6 Å². The Morgan fingerprint density at radius 1 is 1.05 bits per heavy atom. The summed E-state index contributed by atoms with van der Waals surface area (Å²) in [5.41, 5.74) is 6.58. The lowest BCUT2D eigenvalue weighted by Gasteiger charge is -2.18. The second-order valence-corrected chi connectivity index (χ2v) is 5.69. The average Bonchev–Trinajstić information content (AvgIpc) is 2.55. The SMILES string of the molecule is c1ccc2c(Cc3ccc4c(c3)CCCN4)ccnc2c1. The Bertz CT molecular complexity index is 787. The highest BCUT2D eigenvalue weighted by Gasteiger charge is 2.09. The van der Waals surface area contributed by atoms with Crippen LogP contribution in [0.15, 0.2) is 54.7 Å². The molecule has 21 heavy (non-hydrogen) atoms. The number of benzene rings is 2. The summed E-state index contributed by atoms with van der Waals surface area (Å²) >= 11 is 0.